The second-order valence-electron chi connectivity index (χ2n) is 4.53. The fourth-order valence-electron chi connectivity index (χ4n) is 2.01. The van der Waals surface area contributed by atoms with E-state index in [0.29, 0.717) is 13.0 Å². The van der Waals surface area contributed by atoms with Crippen LogP contribution in [0, 0.1) is 11.7 Å². The fourth-order valence-corrected chi connectivity index (χ4v) is 2.23. The molecule has 1 aliphatic heterocycles. The number of aliphatic carboxylic acids is 1. The molecule has 0 aliphatic carbocycles. The van der Waals surface area contributed by atoms with Gasteiger partial charge in [0.1, 0.15) is 11.6 Å². The first-order valence-electron chi connectivity index (χ1n) is 6.06. The Morgan fingerprint density at radius 2 is 2.25 bits per heavy atom. The third-order valence-corrected chi connectivity index (χ3v) is 3.43. The van der Waals surface area contributed by atoms with Crippen molar-refractivity contribution in [1.29, 1.82) is 0 Å². The summed E-state index contributed by atoms with van der Waals surface area (Å²) >= 11 is 5.77. The molecule has 1 heterocycles. The zero-order valence-corrected chi connectivity index (χ0v) is 11.3. The maximum Gasteiger partial charge on any atom is 0.308 e. The summed E-state index contributed by atoms with van der Waals surface area (Å²) in [6.07, 6.45) is 0.443. The molecule has 1 aromatic carbocycles. The Balaban J connectivity index is 1.88. The summed E-state index contributed by atoms with van der Waals surface area (Å²) < 4.78 is 18.1. The van der Waals surface area contributed by atoms with Gasteiger partial charge >= 0.3 is 5.97 Å². The molecule has 1 aliphatic rings. The Kier molecular flexibility index (Phi) is 4.44. The summed E-state index contributed by atoms with van der Waals surface area (Å²) in [4.78, 5) is 24.1. The number of amides is 1. The minimum atomic E-state index is -0.900. The van der Waals surface area contributed by atoms with E-state index >= 15 is 0 Å². The first kappa shape index (κ1) is 14.6. The predicted molar refractivity (Wildman–Crippen MR) is 69.2 cm³/mol. The molecule has 1 saturated heterocycles. The molecule has 7 heteroatoms. The summed E-state index contributed by atoms with van der Waals surface area (Å²) in [5, 5.41) is 8.95. The van der Waals surface area contributed by atoms with Crippen LogP contribution in [-0.4, -0.2) is 41.6 Å². The van der Waals surface area contributed by atoms with Crippen molar-refractivity contribution in [2.24, 2.45) is 5.92 Å². The predicted octanol–water partition coefficient (Wildman–Crippen LogP) is 1.79. The van der Waals surface area contributed by atoms with E-state index in [1.54, 1.807) is 0 Å². The van der Waals surface area contributed by atoms with Crippen LogP contribution in [0.2, 0.25) is 5.02 Å². The number of hydrogen-bond acceptors (Lipinski definition) is 3. The Hall–Kier alpha value is -1.82. The van der Waals surface area contributed by atoms with Crippen LogP contribution < -0.4 is 4.74 Å². The third-order valence-electron chi connectivity index (χ3n) is 3.14. The zero-order chi connectivity index (χ0) is 14.7. The lowest BCUT2D eigenvalue weighted by Gasteiger charge is -2.16. The van der Waals surface area contributed by atoms with Crippen LogP contribution in [0.3, 0.4) is 0 Å². The molecule has 1 N–H and O–H groups in total. The summed E-state index contributed by atoms with van der Waals surface area (Å²) in [5.41, 5.74) is 0. The second-order valence-corrected chi connectivity index (χ2v) is 4.93. The number of carbonyl (C=O) groups is 2. The molecule has 0 aromatic heterocycles. The van der Waals surface area contributed by atoms with Crippen molar-refractivity contribution in [3.8, 4) is 5.75 Å². The molecule has 0 unspecified atom stereocenters. The molecule has 108 valence electrons. The molecule has 0 saturated carbocycles. The third kappa shape index (κ3) is 3.39. The molecule has 2 rings (SSSR count). The van der Waals surface area contributed by atoms with Crippen molar-refractivity contribution >= 4 is 23.5 Å². The summed E-state index contributed by atoms with van der Waals surface area (Å²) in [5.74, 6) is -2.00. The van der Waals surface area contributed by atoms with E-state index in [4.69, 9.17) is 21.4 Å². The summed E-state index contributed by atoms with van der Waals surface area (Å²) in [6, 6.07) is 3.62. The molecular weight excluding hydrogens is 289 g/mol. The number of rotatable bonds is 4. The van der Waals surface area contributed by atoms with Gasteiger partial charge in [0.15, 0.2) is 6.61 Å². The first-order chi connectivity index (χ1) is 9.47. The first-order valence-corrected chi connectivity index (χ1v) is 6.43. The van der Waals surface area contributed by atoms with E-state index < -0.39 is 17.7 Å². The topological polar surface area (TPSA) is 66.8 Å². The van der Waals surface area contributed by atoms with E-state index in [2.05, 4.69) is 0 Å². The average molecular weight is 302 g/mol. The Labute approximate surface area is 119 Å². The Morgan fingerprint density at radius 1 is 1.50 bits per heavy atom. The van der Waals surface area contributed by atoms with Crippen LogP contribution in [0.1, 0.15) is 6.42 Å². The highest BCUT2D eigenvalue weighted by Gasteiger charge is 2.30. The van der Waals surface area contributed by atoms with Crippen molar-refractivity contribution < 1.29 is 23.8 Å². The highest BCUT2D eigenvalue weighted by molar-refractivity contribution is 6.32. The number of ether oxygens (including phenoxy) is 1. The van der Waals surface area contributed by atoms with Crippen molar-refractivity contribution in [1.82, 2.24) is 4.90 Å². The number of carboxylic acid groups (broad SMARTS) is 1. The van der Waals surface area contributed by atoms with Gasteiger partial charge in [0, 0.05) is 13.1 Å². The smallest absolute Gasteiger partial charge is 0.308 e. The van der Waals surface area contributed by atoms with Crippen LogP contribution in [0.5, 0.6) is 5.75 Å². The van der Waals surface area contributed by atoms with Crippen molar-refractivity contribution in [2.75, 3.05) is 19.7 Å². The van der Waals surface area contributed by atoms with Gasteiger partial charge in [-0.25, -0.2) is 4.39 Å². The zero-order valence-electron chi connectivity index (χ0n) is 10.5. The maximum atomic E-state index is 12.8. The summed E-state index contributed by atoms with van der Waals surface area (Å²) in [7, 11) is 0. The molecular formula is C13H13ClFNO4. The van der Waals surface area contributed by atoms with Gasteiger partial charge < -0.3 is 14.7 Å². The molecule has 5 nitrogen and oxygen atoms in total. The number of carboxylic acids is 1. The van der Waals surface area contributed by atoms with Gasteiger partial charge in [0.05, 0.1) is 10.9 Å². The highest BCUT2D eigenvalue weighted by atomic mass is 35.5. The Morgan fingerprint density at radius 3 is 2.85 bits per heavy atom. The van der Waals surface area contributed by atoms with Crippen LogP contribution in [0.4, 0.5) is 4.39 Å². The quantitative estimate of drug-likeness (QED) is 0.921. The van der Waals surface area contributed by atoms with E-state index in [-0.39, 0.29) is 29.8 Å². The molecule has 20 heavy (non-hydrogen) atoms. The van der Waals surface area contributed by atoms with E-state index in [9.17, 15) is 14.0 Å². The number of hydrogen-bond donors (Lipinski definition) is 1. The van der Waals surface area contributed by atoms with Crippen molar-refractivity contribution in [3.63, 3.8) is 0 Å². The molecule has 1 aromatic rings. The molecule has 1 amide bonds. The van der Waals surface area contributed by atoms with Gasteiger partial charge in [-0.2, -0.15) is 0 Å². The van der Waals surface area contributed by atoms with Crippen LogP contribution in [0.25, 0.3) is 0 Å². The van der Waals surface area contributed by atoms with E-state index in [0.717, 1.165) is 6.07 Å². The van der Waals surface area contributed by atoms with Gasteiger partial charge in [-0.15, -0.1) is 0 Å². The largest absolute Gasteiger partial charge is 0.482 e. The average Bonchev–Trinajstić information content (AvgIpc) is 2.87. The second kappa shape index (κ2) is 6.09. The van der Waals surface area contributed by atoms with E-state index in [1.807, 2.05) is 0 Å². The molecule has 1 atom stereocenters. The standard InChI is InChI=1S/C13H13ClFNO4/c14-10-5-9(15)1-2-11(10)20-7-12(17)16-4-3-8(6-16)13(18)19/h1-2,5,8H,3-4,6-7H2,(H,18,19)/t8-/m1/s1. The number of nitrogens with zero attached hydrogens (tertiary/aromatic N) is 1. The lowest BCUT2D eigenvalue weighted by Crippen LogP contribution is -2.33. The van der Waals surface area contributed by atoms with Gasteiger partial charge in [0.2, 0.25) is 0 Å². The lowest BCUT2D eigenvalue weighted by molar-refractivity contribution is -0.141. The van der Waals surface area contributed by atoms with E-state index in [1.165, 1.54) is 17.0 Å². The molecule has 0 radical (unpaired) electrons. The summed E-state index contributed by atoms with van der Waals surface area (Å²) in [6.45, 7) is 0.336. The van der Waals surface area contributed by atoms with Crippen molar-refractivity contribution in [3.05, 3.63) is 29.0 Å². The number of carbonyl (C=O) groups excluding carboxylic acids is 1. The van der Waals surface area contributed by atoms with Gasteiger partial charge in [-0.1, -0.05) is 11.6 Å². The van der Waals surface area contributed by atoms with Crippen LogP contribution in [-0.2, 0) is 9.59 Å². The Bertz CT molecular complexity index is 537. The lowest BCUT2D eigenvalue weighted by atomic mass is 10.1. The van der Waals surface area contributed by atoms with Gasteiger partial charge in [0.25, 0.3) is 5.91 Å². The number of halogens is 2. The minimum absolute atomic E-state index is 0.0858. The fraction of sp³-hybridized carbons (Fsp3) is 0.385. The minimum Gasteiger partial charge on any atom is -0.482 e. The molecule has 0 bridgehead atoms. The monoisotopic (exact) mass is 301 g/mol. The maximum absolute atomic E-state index is 12.8. The van der Waals surface area contributed by atoms with Gasteiger partial charge in [-0.05, 0) is 24.6 Å². The molecule has 0 spiro atoms. The van der Waals surface area contributed by atoms with Crippen LogP contribution in [0.15, 0.2) is 18.2 Å². The van der Waals surface area contributed by atoms with Gasteiger partial charge in [-0.3, -0.25) is 9.59 Å². The normalized spacial score (nSPS) is 18.1. The highest BCUT2D eigenvalue weighted by Crippen LogP contribution is 2.25. The molecule has 1 fully saturated rings. The number of benzene rings is 1. The number of likely N-dealkylation sites (tertiary alicyclic amines) is 1. The van der Waals surface area contributed by atoms with Crippen molar-refractivity contribution in [2.45, 2.75) is 6.42 Å². The SMILES string of the molecule is O=C(O)[C@@H]1CCN(C(=O)COc2ccc(F)cc2Cl)C1. The van der Waals surface area contributed by atoms with Crippen LogP contribution >= 0.6 is 11.6 Å².